The van der Waals surface area contributed by atoms with E-state index in [1.54, 1.807) is 0 Å². The fraction of sp³-hybridized carbons (Fsp3) is 0.276. The van der Waals surface area contributed by atoms with Gasteiger partial charge in [-0.25, -0.2) is 5.16 Å². The van der Waals surface area contributed by atoms with Gasteiger partial charge in [0.25, 0.3) is 5.91 Å². The maximum absolute atomic E-state index is 13.7. The molecule has 186 valence electrons. The van der Waals surface area contributed by atoms with Gasteiger partial charge < -0.3 is 14.6 Å². The number of nitrogens with one attached hydrogen (secondary N) is 2. The molecule has 0 saturated carbocycles. The Morgan fingerprint density at radius 1 is 1.03 bits per heavy atom. The van der Waals surface area contributed by atoms with Crippen LogP contribution in [0.3, 0.4) is 0 Å². The van der Waals surface area contributed by atoms with Crippen LogP contribution in [-0.4, -0.2) is 16.0 Å². The van der Waals surface area contributed by atoms with Gasteiger partial charge in [-0.3, -0.25) is 4.79 Å². The molecule has 0 aliphatic rings. The van der Waals surface area contributed by atoms with E-state index in [0.29, 0.717) is 36.8 Å². The number of aromatic nitrogens is 2. The highest BCUT2D eigenvalue weighted by Crippen LogP contribution is 2.23. The Kier molecular flexibility index (Phi) is 8.68. The monoisotopic (exact) mass is 501 g/mol. The number of hydrogen-bond donors (Lipinski definition) is 2. The molecular weight excluding hydrogens is 470 g/mol. The summed E-state index contributed by atoms with van der Waals surface area (Å²) in [6.45, 7) is 4.70. The van der Waals surface area contributed by atoms with Gasteiger partial charge in [-0.15, -0.1) is 0 Å². The molecule has 3 aromatic carbocycles. The van der Waals surface area contributed by atoms with Crippen molar-refractivity contribution >= 4 is 18.1 Å². The number of aromatic amines is 1. The van der Waals surface area contributed by atoms with Crippen LogP contribution in [-0.2, 0) is 19.4 Å². The average Bonchev–Trinajstić information content (AvgIpc) is 3.32. The van der Waals surface area contributed by atoms with Crippen LogP contribution in [0.15, 0.2) is 83.4 Å². The molecule has 1 aromatic heterocycles. The molecule has 0 aliphatic heterocycles. The van der Waals surface area contributed by atoms with Crippen LogP contribution >= 0.6 is 12.2 Å². The van der Waals surface area contributed by atoms with Gasteiger partial charge in [0.1, 0.15) is 18.2 Å². The summed E-state index contributed by atoms with van der Waals surface area (Å²) in [6, 6.07) is 25.6. The van der Waals surface area contributed by atoms with Crippen LogP contribution in [0.2, 0.25) is 0 Å². The highest BCUT2D eigenvalue weighted by Gasteiger charge is 2.20. The summed E-state index contributed by atoms with van der Waals surface area (Å²) >= 11 is 4.96. The predicted octanol–water partition coefficient (Wildman–Crippen LogP) is 6.61. The van der Waals surface area contributed by atoms with Crippen molar-refractivity contribution < 1.29 is 14.1 Å². The van der Waals surface area contributed by atoms with Gasteiger partial charge in [0, 0.05) is 12.0 Å². The molecule has 1 unspecified atom stereocenters. The number of nitrogens with zero attached hydrogens (tertiary/aromatic N) is 1. The van der Waals surface area contributed by atoms with Crippen LogP contribution in [0.4, 0.5) is 0 Å². The zero-order valence-electron chi connectivity index (χ0n) is 20.6. The number of benzene rings is 3. The van der Waals surface area contributed by atoms with Crippen LogP contribution in [0.25, 0.3) is 0 Å². The standard InChI is InChI=1S/C29H31N3O3S/c1-20(2)17-26(23-9-5-3-6-10-23)30-28(33)25-18-21(19-34-24-11-7-4-8-12-24)13-14-22(25)15-16-27-31-29(36)35-32-27/h3-14,18,20,26H,15-17,19H2,1-2H3,(H,30,33)(H,31,32,36). The Morgan fingerprint density at radius 2 is 1.75 bits per heavy atom. The molecule has 0 spiro atoms. The molecule has 0 fully saturated rings. The molecule has 4 rings (SSSR count). The van der Waals surface area contributed by atoms with E-state index in [2.05, 4.69) is 41.4 Å². The van der Waals surface area contributed by atoms with E-state index in [4.69, 9.17) is 21.5 Å². The molecule has 36 heavy (non-hydrogen) atoms. The number of para-hydroxylation sites is 1. The molecule has 4 aromatic rings. The Hall–Kier alpha value is -3.71. The smallest absolute Gasteiger partial charge is 0.314 e. The lowest BCUT2D eigenvalue weighted by Gasteiger charge is -2.22. The molecule has 0 bridgehead atoms. The number of carbonyl (C=O) groups excluding carboxylic acids is 1. The number of hydrogen-bond acceptors (Lipinski definition) is 5. The molecule has 1 atom stereocenters. The summed E-state index contributed by atoms with van der Waals surface area (Å²) < 4.78 is 11.0. The first-order valence-electron chi connectivity index (χ1n) is 12.2. The highest BCUT2D eigenvalue weighted by atomic mass is 32.1. The minimum absolute atomic E-state index is 0.0811. The second-order valence-corrected chi connectivity index (χ2v) is 9.54. The summed E-state index contributed by atoms with van der Waals surface area (Å²) in [7, 11) is 0. The predicted molar refractivity (Wildman–Crippen MR) is 142 cm³/mol. The molecule has 7 heteroatoms. The van der Waals surface area contributed by atoms with Gasteiger partial charge in [-0.1, -0.05) is 74.5 Å². The molecular formula is C29H31N3O3S. The van der Waals surface area contributed by atoms with Gasteiger partial charge in [0.2, 0.25) is 0 Å². The zero-order valence-corrected chi connectivity index (χ0v) is 21.4. The number of carbonyl (C=O) groups is 1. The summed E-state index contributed by atoms with van der Waals surface area (Å²) in [6.07, 6.45) is 2.03. The van der Waals surface area contributed by atoms with Gasteiger partial charge in [0.05, 0.1) is 6.04 Å². The van der Waals surface area contributed by atoms with Crippen molar-refractivity contribution in [1.82, 2.24) is 15.5 Å². The van der Waals surface area contributed by atoms with E-state index in [1.165, 1.54) is 0 Å². The Labute approximate surface area is 216 Å². The van der Waals surface area contributed by atoms with E-state index < -0.39 is 0 Å². The van der Waals surface area contributed by atoms with Crippen LogP contribution in [0, 0.1) is 10.8 Å². The van der Waals surface area contributed by atoms with E-state index in [-0.39, 0.29) is 16.8 Å². The van der Waals surface area contributed by atoms with E-state index in [0.717, 1.165) is 28.9 Å². The van der Waals surface area contributed by atoms with Crippen LogP contribution in [0.1, 0.15) is 59.2 Å². The maximum atomic E-state index is 13.7. The molecule has 2 N–H and O–H groups in total. The Bertz CT molecular complexity index is 1320. The number of H-pyrrole nitrogens is 1. The summed E-state index contributed by atoms with van der Waals surface area (Å²) in [5, 5.41) is 6.02. The van der Waals surface area contributed by atoms with Gasteiger partial charge >= 0.3 is 4.84 Å². The number of rotatable bonds is 11. The van der Waals surface area contributed by atoms with Crippen LogP contribution < -0.4 is 10.1 Å². The van der Waals surface area contributed by atoms with Crippen LogP contribution in [0.5, 0.6) is 5.75 Å². The lowest BCUT2D eigenvalue weighted by atomic mass is 9.95. The minimum Gasteiger partial charge on any atom is -0.489 e. The van der Waals surface area contributed by atoms with Crippen molar-refractivity contribution in [1.29, 1.82) is 0 Å². The molecule has 0 saturated heterocycles. The Balaban J connectivity index is 1.58. The van der Waals surface area contributed by atoms with Gasteiger partial charge in [-0.2, -0.15) is 4.98 Å². The molecule has 0 aliphatic carbocycles. The number of ether oxygens (including phenoxy) is 1. The largest absolute Gasteiger partial charge is 0.489 e. The second-order valence-electron chi connectivity index (χ2n) is 9.19. The van der Waals surface area contributed by atoms with Crippen molar-refractivity contribution in [3.8, 4) is 5.75 Å². The topological polar surface area (TPSA) is 80.2 Å². The SMILES string of the molecule is CC(C)CC(NC(=O)c1cc(COc2ccccc2)ccc1CCc1nc(=S)o[nH]1)c1ccccc1. The quantitative estimate of drug-likeness (QED) is 0.226. The first-order chi connectivity index (χ1) is 17.5. The van der Waals surface area contributed by atoms with E-state index in [1.807, 2.05) is 66.7 Å². The van der Waals surface area contributed by atoms with Crippen molar-refractivity contribution in [3.05, 3.63) is 112 Å². The third kappa shape index (κ3) is 7.15. The van der Waals surface area contributed by atoms with E-state index in [9.17, 15) is 4.79 Å². The zero-order chi connectivity index (χ0) is 25.3. The fourth-order valence-corrected chi connectivity index (χ4v) is 4.27. The summed E-state index contributed by atoms with van der Waals surface area (Å²) in [5.74, 6) is 1.77. The molecule has 1 heterocycles. The minimum atomic E-state index is -0.103. The lowest BCUT2D eigenvalue weighted by Crippen LogP contribution is -2.30. The van der Waals surface area contributed by atoms with Crippen molar-refractivity contribution in [2.24, 2.45) is 5.92 Å². The first kappa shape index (κ1) is 25.4. The van der Waals surface area contributed by atoms with Crippen molar-refractivity contribution in [2.45, 2.75) is 45.8 Å². The fourth-order valence-electron chi connectivity index (χ4n) is 4.12. The first-order valence-corrected chi connectivity index (χ1v) is 12.6. The van der Waals surface area contributed by atoms with E-state index >= 15 is 0 Å². The highest BCUT2D eigenvalue weighted by molar-refractivity contribution is 7.71. The van der Waals surface area contributed by atoms with Crippen molar-refractivity contribution in [2.75, 3.05) is 0 Å². The maximum Gasteiger partial charge on any atom is 0.314 e. The lowest BCUT2D eigenvalue weighted by molar-refractivity contribution is 0.0930. The number of aryl methyl sites for hydroxylation is 2. The Morgan fingerprint density at radius 3 is 2.42 bits per heavy atom. The van der Waals surface area contributed by atoms with Gasteiger partial charge in [-0.05, 0) is 65.9 Å². The van der Waals surface area contributed by atoms with Gasteiger partial charge in [0.15, 0.2) is 0 Å². The molecule has 1 amide bonds. The molecule has 6 nitrogen and oxygen atoms in total. The summed E-state index contributed by atoms with van der Waals surface area (Å²) in [5.41, 5.74) is 3.58. The average molecular weight is 502 g/mol. The summed E-state index contributed by atoms with van der Waals surface area (Å²) in [4.78, 5) is 18.0. The third-order valence-corrected chi connectivity index (χ3v) is 6.07. The second kappa shape index (κ2) is 12.3. The third-order valence-electron chi connectivity index (χ3n) is 5.90. The number of amides is 1. The normalized spacial score (nSPS) is 11.9. The van der Waals surface area contributed by atoms with Crippen molar-refractivity contribution in [3.63, 3.8) is 0 Å². The molecule has 0 radical (unpaired) electrons.